The van der Waals surface area contributed by atoms with E-state index >= 15 is 0 Å². The van der Waals surface area contributed by atoms with Crippen LogP contribution in [0.1, 0.15) is 23.0 Å². The summed E-state index contributed by atoms with van der Waals surface area (Å²) in [6, 6.07) is 20.2. The van der Waals surface area contributed by atoms with Gasteiger partial charge in [-0.3, -0.25) is 14.5 Å². The first-order valence-corrected chi connectivity index (χ1v) is 11.0. The van der Waals surface area contributed by atoms with Crippen molar-refractivity contribution in [2.45, 2.75) is 11.8 Å². The maximum atomic E-state index is 13.6. The lowest BCUT2D eigenvalue weighted by Gasteiger charge is -2.32. The summed E-state index contributed by atoms with van der Waals surface area (Å²) >= 11 is 0. The molecule has 0 unspecified atom stereocenters. The monoisotopic (exact) mass is 415 g/mol. The summed E-state index contributed by atoms with van der Waals surface area (Å²) in [5.74, 6) is -0.952. The summed E-state index contributed by atoms with van der Waals surface area (Å²) in [6.07, 6.45) is 6.16. The van der Waals surface area contributed by atoms with Gasteiger partial charge in [0.25, 0.3) is 0 Å². The number of likely N-dealkylation sites (N-methyl/N-ethyl adjacent to an activating group) is 1. The number of hydrogen-bond donors (Lipinski definition) is 0. The zero-order chi connectivity index (χ0) is 22.0. The Labute approximate surface area is 185 Å². The van der Waals surface area contributed by atoms with Crippen LogP contribution in [0.25, 0.3) is 0 Å². The van der Waals surface area contributed by atoms with Crippen LogP contribution in [0.3, 0.4) is 0 Å². The highest BCUT2D eigenvalue weighted by atomic mass is 16.2. The fraction of sp³-hybridized carbons (Fsp3) is 0.333. The number of quaternary nitrogens is 1. The molecule has 0 spiro atoms. The van der Waals surface area contributed by atoms with Crippen LogP contribution < -0.4 is 0 Å². The molecule has 1 saturated heterocycles. The van der Waals surface area contributed by atoms with Crippen molar-refractivity contribution in [1.82, 2.24) is 4.90 Å². The number of imide groups is 1. The normalized spacial score (nSPS) is 25.5. The van der Waals surface area contributed by atoms with E-state index in [1.165, 1.54) is 4.90 Å². The van der Waals surface area contributed by atoms with Gasteiger partial charge in [-0.05, 0) is 17.2 Å². The molecule has 4 rings (SSSR count). The summed E-state index contributed by atoms with van der Waals surface area (Å²) in [6.45, 7) is 5.78. The lowest BCUT2D eigenvalue weighted by Crippen LogP contribution is -2.47. The molecule has 31 heavy (non-hydrogen) atoms. The van der Waals surface area contributed by atoms with E-state index in [9.17, 15) is 9.59 Å². The predicted octanol–water partition coefficient (Wildman–Crippen LogP) is 3.99. The van der Waals surface area contributed by atoms with E-state index in [-0.39, 0.29) is 35.5 Å². The van der Waals surface area contributed by atoms with E-state index in [4.69, 9.17) is 0 Å². The molecule has 0 bridgehead atoms. The van der Waals surface area contributed by atoms with Gasteiger partial charge in [0.2, 0.25) is 11.8 Å². The van der Waals surface area contributed by atoms with Crippen molar-refractivity contribution in [3.05, 3.63) is 96.6 Å². The number of rotatable bonds is 7. The number of carbonyl (C=O) groups excluding carboxylic acids is 2. The van der Waals surface area contributed by atoms with Gasteiger partial charge in [-0.1, -0.05) is 79.4 Å². The topological polar surface area (TPSA) is 37.4 Å². The molecule has 1 fully saturated rings. The van der Waals surface area contributed by atoms with Gasteiger partial charge in [-0.2, -0.15) is 0 Å². The molecule has 2 aromatic rings. The molecule has 1 aliphatic carbocycles. The highest BCUT2D eigenvalue weighted by Gasteiger charge is 2.55. The average molecular weight is 416 g/mol. The predicted molar refractivity (Wildman–Crippen MR) is 123 cm³/mol. The molecule has 0 saturated carbocycles. The summed E-state index contributed by atoms with van der Waals surface area (Å²) in [7, 11) is 4.20. The van der Waals surface area contributed by atoms with E-state index in [0.717, 1.165) is 17.7 Å². The van der Waals surface area contributed by atoms with E-state index in [0.29, 0.717) is 17.6 Å². The quantitative estimate of drug-likeness (QED) is 0.390. The minimum atomic E-state index is -0.361. The lowest BCUT2D eigenvalue weighted by atomic mass is 9.68. The Balaban J connectivity index is 1.69. The van der Waals surface area contributed by atoms with Crippen LogP contribution in [-0.4, -0.2) is 54.9 Å². The first kappa shape index (κ1) is 21.3. The number of carbonyl (C=O) groups is 2. The lowest BCUT2D eigenvalue weighted by molar-refractivity contribution is -0.883. The van der Waals surface area contributed by atoms with Crippen molar-refractivity contribution < 1.29 is 14.1 Å². The molecule has 1 heterocycles. The maximum Gasteiger partial charge on any atom is 0.234 e. The zero-order valence-corrected chi connectivity index (χ0v) is 18.4. The maximum absolute atomic E-state index is 13.6. The average Bonchev–Trinajstić information content (AvgIpc) is 3.03. The minimum absolute atomic E-state index is 0.0345. The Morgan fingerprint density at radius 1 is 0.839 bits per heavy atom. The van der Waals surface area contributed by atoms with Crippen molar-refractivity contribution in [2.75, 3.05) is 33.7 Å². The van der Waals surface area contributed by atoms with Crippen molar-refractivity contribution in [2.24, 2.45) is 11.8 Å². The minimum Gasteiger partial charge on any atom is -0.324 e. The molecule has 0 radical (unpaired) electrons. The Kier molecular flexibility index (Phi) is 5.92. The standard InChI is InChI=1S/C27H31N2O2/c1-4-18-29(2,3)19-17-28-26(30)24-22(20-11-7-5-8-12-20)15-16-23(25(24)27(28)31)21-13-9-6-10-14-21/h4-16,22-25H,1,17-19H2,2-3H3/q+1/t22-,23+,24-,25-/m1/s1. The number of benzene rings is 2. The van der Waals surface area contributed by atoms with Crippen molar-refractivity contribution in [3.63, 3.8) is 0 Å². The van der Waals surface area contributed by atoms with Crippen LogP contribution >= 0.6 is 0 Å². The fourth-order valence-electron chi connectivity index (χ4n) is 5.03. The molecule has 2 aromatic carbocycles. The highest BCUT2D eigenvalue weighted by Crippen LogP contribution is 2.49. The van der Waals surface area contributed by atoms with Gasteiger partial charge >= 0.3 is 0 Å². The smallest absolute Gasteiger partial charge is 0.234 e. The van der Waals surface area contributed by atoms with Gasteiger partial charge in [-0.25, -0.2) is 0 Å². The molecule has 4 atom stereocenters. The van der Waals surface area contributed by atoms with Crippen LogP contribution in [0.4, 0.5) is 0 Å². The van der Waals surface area contributed by atoms with Crippen LogP contribution in [0, 0.1) is 11.8 Å². The van der Waals surface area contributed by atoms with Crippen LogP contribution in [0.15, 0.2) is 85.5 Å². The largest absolute Gasteiger partial charge is 0.324 e. The molecule has 1 aliphatic heterocycles. The molecule has 4 nitrogen and oxygen atoms in total. The number of likely N-dealkylation sites (tertiary alicyclic amines) is 1. The van der Waals surface area contributed by atoms with Crippen molar-refractivity contribution >= 4 is 11.8 Å². The molecule has 160 valence electrons. The second-order valence-electron chi connectivity index (χ2n) is 9.27. The third kappa shape index (κ3) is 4.13. The third-order valence-electron chi connectivity index (χ3n) is 6.71. The second-order valence-corrected chi connectivity index (χ2v) is 9.27. The van der Waals surface area contributed by atoms with Gasteiger partial charge in [0.15, 0.2) is 0 Å². The Morgan fingerprint density at radius 3 is 1.71 bits per heavy atom. The second kappa shape index (κ2) is 8.64. The van der Waals surface area contributed by atoms with E-state index in [1.54, 1.807) is 0 Å². The number of amides is 2. The van der Waals surface area contributed by atoms with Gasteiger partial charge in [0.1, 0.15) is 0 Å². The molecule has 2 amide bonds. The number of hydrogen-bond acceptors (Lipinski definition) is 2. The van der Waals surface area contributed by atoms with Crippen molar-refractivity contribution in [1.29, 1.82) is 0 Å². The molecule has 2 aliphatic rings. The number of nitrogens with zero attached hydrogens (tertiary/aromatic N) is 2. The van der Waals surface area contributed by atoms with E-state index in [1.807, 2.05) is 42.5 Å². The fourth-order valence-corrected chi connectivity index (χ4v) is 5.03. The SMILES string of the molecule is C=CC[N+](C)(C)CCN1C(=O)[C@H]2[C@H](C1=O)[C@H](c1ccccc1)C=C[C@@H]2c1ccccc1. The summed E-state index contributed by atoms with van der Waals surface area (Å²) < 4.78 is 0.693. The Morgan fingerprint density at radius 2 is 1.29 bits per heavy atom. The molecule has 0 N–H and O–H groups in total. The van der Waals surface area contributed by atoms with Crippen LogP contribution in [0.2, 0.25) is 0 Å². The number of allylic oxidation sites excluding steroid dienone is 2. The summed E-state index contributed by atoms with van der Waals surface area (Å²) in [4.78, 5) is 28.8. The summed E-state index contributed by atoms with van der Waals surface area (Å²) in [5, 5.41) is 0. The first-order chi connectivity index (χ1) is 14.9. The Bertz CT molecular complexity index is 913. The molecule has 4 heteroatoms. The van der Waals surface area contributed by atoms with Gasteiger partial charge in [0.05, 0.1) is 45.6 Å². The first-order valence-electron chi connectivity index (χ1n) is 11.0. The van der Waals surface area contributed by atoms with Crippen LogP contribution in [-0.2, 0) is 9.59 Å². The van der Waals surface area contributed by atoms with Crippen LogP contribution in [0.5, 0.6) is 0 Å². The van der Waals surface area contributed by atoms with E-state index < -0.39 is 0 Å². The molecule has 0 aromatic heterocycles. The molecular weight excluding hydrogens is 384 g/mol. The summed E-state index contributed by atoms with van der Waals surface area (Å²) in [5.41, 5.74) is 2.18. The number of fused-ring (bicyclic) bond motifs is 1. The Hall–Kier alpha value is -2.98. The van der Waals surface area contributed by atoms with Gasteiger partial charge in [0, 0.05) is 11.8 Å². The third-order valence-corrected chi connectivity index (χ3v) is 6.71. The van der Waals surface area contributed by atoms with Gasteiger partial charge < -0.3 is 4.48 Å². The van der Waals surface area contributed by atoms with E-state index in [2.05, 4.69) is 57.1 Å². The molecular formula is C27H31N2O2+. The van der Waals surface area contributed by atoms with Gasteiger partial charge in [-0.15, -0.1) is 0 Å². The highest BCUT2D eigenvalue weighted by molar-refractivity contribution is 6.06. The zero-order valence-electron chi connectivity index (χ0n) is 18.4. The van der Waals surface area contributed by atoms with Crippen molar-refractivity contribution in [3.8, 4) is 0 Å².